The van der Waals surface area contributed by atoms with Gasteiger partial charge in [-0.1, -0.05) is 29.3 Å². The number of hydrogen-bond donors (Lipinski definition) is 1. The van der Waals surface area contributed by atoms with Gasteiger partial charge in [-0.05, 0) is 37.0 Å². The molecule has 1 aliphatic rings. The molecule has 0 aliphatic carbocycles. The first kappa shape index (κ1) is 14.1. The monoisotopic (exact) mass is 287 g/mol. The third-order valence-electron chi connectivity index (χ3n) is 3.66. The third-order valence-corrected chi connectivity index (χ3v) is 4.40. The molecule has 1 fully saturated rings. The topological polar surface area (TPSA) is 21.3 Å². The molecule has 1 heterocycles. The molecule has 100 valence electrons. The number of halogens is 2. The van der Waals surface area contributed by atoms with Crippen molar-refractivity contribution in [1.29, 1.82) is 0 Å². The highest BCUT2D eigenvalue weighted by Crippen LogP contribution is 2.35. The van der Waals surface area contributed by atoms with E-state index in [4.69, 9.17) is 27.9 Å². The van der Waals surface area contributed by atoms with Gasteiger partial charge in [-0.3, -0.25) is 0 Å². The minimum atomic E-state index is 0.482. The summed E-state index contributed by atoms with van der Waals surface area (Å²) in [6.45, 7) is 3.97. The van der Waals surface area contributed by atoms with E-state index in [-0.39, 0.29) is 0 Å². The zero-order chi connectivity index (χ0) is 13.1. The van der Waals surface area contributed by atoms with Crippen LogP contribution in [0.15, 0.2) is 18.2 Å². The van der Waals surface area contributed by atoms with Crippen molar-refractivity contribution in [1.82, 2.24) is 5.32 Å². The van der Waals surface area contributed by atoms with Crippen LogP contribution in [-0.2, 0) is 4.74 Å². The number of rotatable bonds is 3. The number of piperidine rings is 1. The summed E-state index contributed by atoms with van der Waals surface area (Å²) in [5.74, 6) is 0.972. The van der Waals surface area contributed by atoms with Crippen LogP contribution in [0.5, 0.6) is 0 Å². The summed E-state index contributed by atoms with van der Waals surface area (Å²) in [4.78, 5) is 0. The summed E-state index contributed by atoms with van der Waals surface area (Å²) in [6.07, 6.45) is 1.10. The average Bonchev–Trinajstić information content (AvgIpc) is 2.35. The lowest BCUT2D eigenvalue weighted by atomic mass is 9.79. The maximum atomic E-state index is 6.12. The molecule has 0 radical (unpaired) electrons. The van der Waals surface area contributed by atoms with Gasteiger partial charge in [0.1, 0.15) is 0 Å². The van der Waals surface area contributed by atoms with Crippen LogP contribution in [0, 0.1) is 5.92 Å². The van der Waals surface area contributed by atoms with Crippen molar-refractivity contribution in [3.8, 4) is 0 Å². The molecule has 2 nitrogen and oxygen atoms in total. The van der Waals surface area contributed by atoms with Crippen LogP contribution in [0.25, 0.3) is 0 Å². The smallest absolute Gasteiger partial charge is 0.0595 e. The Labute approximate surface area is 119 Å². The molecule has 2 rings (SSSR count). The van der Waals surface area contributed by atoms with Gasteiger partial charge in [0.2, 0.25) is 0 Å². The molecule has 3 atom stereocenters. The van der Waals surface area contributed by atoms with E-state index in [0.29, 0.717) is 27.9 Å². The number of nitrogens with one attached hydrogen (secondary N) is 1. The number of ether oxygens (including phenoxy) is 1. The molecular weight excluding hydrogens is 269 g/mol. The van der Waals surface area contributed by atoms with Crippen molar-refractivity contribution >= 4 is 23.2 Å². The van der Waals surface area contributed by atoms with Gasteiger partial charge in [0.05, 0.1) is 16.7 Å². The molecule has 1 aromatic rings. The van der Waals surface area contributed by atoms with Crippen molar-refractivity contribution in [2.75, 3.05) is 20.3 Å². The Balaban J connectivity index is 2.23. The first-order valence-corrected chi connectivity index (χ1v) is 7.04. The fourth-order valence-corrected chi connectivity index (χ4v) is 3.00. The Kier molecular flexibility index (Phi) is 4.91. The maximum Gasteiger partial charge on any atom is 0.0595 e. The van der Waals surface area contributed by atoms with Gasteiger partial charge >= 0.3 is 0 Å². The first-order chi connectivity index (χ1) is 8.61. The van der Waals surface area contributed by atoms with Crippen LogP contribution in [0.3, 0.4) is 0 Å². The lowest BCUT2D eigenvalue weighted by Crippen LogP contribution is -2.43. The summed E-state index contributed by atoms with van der Waals surface area (Å²) < 4.78 is 5.32. The fourth-order valence-electron chi connectivity index (χ4n) is 2.69. The highest BCUT2D eigenvalue weighted by molar-refractivity contribution is 6.42. The Morgan fingerprint density at radius 3 is 2.78 bits per heavy atom. The minimum absolute atomic E-state index is 0.482. The molecule has 4 heteroatoms. The summed E-state index contributed by atoms with van der Waals surface area (Å²) in [5, 5.41) is 4.76. The molecular formula is C14H19Cl2NO. The van der Waals surface area contributed by atoms with Crippen LogP contribution in [-0.4, -0.2) is 26.3 Å². The van der Waals surface area contributed by atoms with Crippen LogP contribution >= 0.6 is 23.2 Å². The van der Waals surface area contributed by atoms with Gasteiger partial charge in [-0.15, -0.1) is 0 Å². The van der Waals surface area contributed by atoms with E-state index in [9.17, 15) is 0 Å². The van der Waals surface area contributed by atoms with E-state index in [1.54, 1.807) is 7.11 Å². The number of benzene rings is 1. The zero-order valence-corrected chi connectivity index (χ0v) is 12.3. The molecule has 0 bridgehead atoms. The Hall–Kier alpha value is -0.280. The van der Waals surface area contributed by atoms with Crippen molar-refractivity contribution in [3.05, 3.63) is 33.8 Å². The summed E-state index contributed by atoms with van der Waals surface area (Å²) >= 11 is 12.1. The second-order valence-corrected chi connectivity index (χ2v) is 5.85. The molecule has 3 unspecified atom stereocenters. The van der Waals surface area contributed by atoms with Gasteiger partial charge in [-0.25, -0.2) is 0 Å². The molecule has 1 aliphatic heterocycles. The van der Waals surface area contributed by atoms with Gasteiger partial charge in [0, 0.05) is 25.6 Å². The summed E-state index contributed by atoms with van der Waals surface area (Å²) in [7, 11) is 1.75. The lowest BCUT2D eigenvalue weighted by Gasteiger charge is -2.36. The number of hydrogen-bond acceptors (Lipinski definition) is 2. The number of methoxy groups -OCH3 is 1. The predicted octanol–water partition coefficient (Wildman–Crippen LogP) is 3.72. The SMILES string of the molecule is COCC1CNC(C)CC1c1ccc(Cl)c(Cl)c1. The van der Waals surface area contributed by atoms with Gasteiger partial charge < -0.3 is 10.1 Å². The second-order valence-electron chi connectivity index (χ2n) is 5.04. The second kappa shape index (κ2) is 6.25. The van der Waals surface area contributed by atoms with Gasteiger partial charge in [-0.2, -0.15) is 0 Å². The van der Waals surface area contributed by atoms with Crippen LogP contribution in [0.1, 0.15) is 24.8 Å². The van der Waals surface area contributed by atoms with E-state index in [0.717, 1.165) is 19.6 Å². The Morgan fingerprint density at radius 1 is 1.33 bits per heavy atom. The lowest BCUT2D eigenvalue weighted by molar-refractivity contribution is 0.117. The van der Waals surface area contributed by atoms with Crippen LogP contribution in [0.2, 0.25) is 10.0 Å². The van der Waals surface area contributed by atoms with Crippen molar-refractivity contribution in [2.24, 2.45) is 5.92 Å². The Bertz CT molecular complexity index is 411. The fraction of sp³-hybridized carbons (Fsp3) is 0.571. The molecule has 1 saturated heterocycles. The van der Waals surface area contributed by atoms with Crippen molar-refractivity contribution < 1.29 is 4.74 Å². The highest BCUT2D eigenvalue weighted by atomic mass is 35.5. The standard InChI is InChI=1S/C14H19Cl2NO/c1-9-5-12(11(7-17-9)8-18-2)10-3-4-13(15)14(16)6-10/h3-4,6,9,11-12,17H,5,7-8H2,1-2H3. The quantitative estimate of drug-likeness (QED) is 0.915. The summed E-state index contributed by atoms with van der Waals surface area (Å²) in [6, 6.07) is 6.49. The van der Waals surface area contributed by atoms with E-state index < -0.39 is 0 Å². The van der Waals surface area contributed by atoms with Gasteiger partial charge in [0.15, 0.2) is 0 Å². The van der Waals surface area contributed by atoms with Crippen molar-refractivity contribution in [3.63, 3.8) is 0 Å². The molecule has 0 saturated carbocycles. The third kappa shape index (κ3) is 3.18. The van der Waals surface area contributed by atoms with E-state index in [2.05, 4.69) is 18.3 Å². The van der Waals surface area contributed by atoms with E-state index >= 15 is 0 Å². The molecule has 0 aromatic heterocycles. The normalized spacial score (nSPS) is 28.3. The van der Waals surface area contributed by atoms with E-state index in [1.165, 1.54) is 5.56 Å². The summed E-state index contributed by atoms with van der Waals surface area (Å²) in [5.41, 5.74) is 1.26. The predicted molar refractivity (Wildman–Crippen MR) is 76.7 cm³/mol. The molecule has 1 N–H and O–H groups in total. The first-order valence-electron chi connectivity index (χ1n) is 6.29. The minimum Gasteiger partial charge on any atom is -0.384 e. The van der Waals surface area contributed by atoms with Crippen molar-refractivity contribution in [2.45, 2.75) is 25.3 Å². The molecule has 1 aromatic carbocycles. The maximum absolute atomic E-state index is 6.12. The molecule has 0 amide bonds. The molecule has 18 heavy (non-hydrogen) atoms. The highest BCUT2D eigenvalue weighted by Gasteiger charge is 2.29. The van der Waals surface area contributed by atoms with Crippen LogP contribution in [0.4, 0.5) is 0 Å². The Morgan fingerprint density at radius 2 is 2.11 bits per heavy atom. The average molecular weight is 288 g/mol. The zero-order valence-electron chi connectivity index (χ0n) is 10.7. The van der Waals surface area contributed by atoms with E-state index in [1.807, 2.05) is 12.1 Å². The largest absolute Gasteiger partial charge is 0.384 e. The van der Waals surface area contributed by atoms with Gasteiger partial charge in [0.25, 0.3) is 0 Å². The van der Waals surface area contributed by atoms with Crippen LogP contribution < -0.4 is 5.32 Å². The molecule has 0 spiro atoms.